The molecule has 1 atom stereocenters. The van der Waals surface area contributed by atoms with Gasteiger partial charge >= 0.3 is 0 Å². The number of nitrogens with one attached hydrogen (secondary N) is 1. The molecule has 0 spiro atoms. The quantitative estimate of drug-likeness (QED) is 0.0609. The molecule has 0 aliphatic carbocycles. The molecule has 216 valence electrons. The van der Waals surface area contributed by atoms with Gasteiger partial charge in [-0.1, -0.05) is 141 Å². The molecule has 0 bridgehead atoms. The number of hydrogen-bond donors (Lipinski definition) is 1. The lowest BCUT2D eigenvalue weighted by Gasteiger charge is -2.10. The predicted molar refractivity (Wildman–Crippen MR) is 163 cm³/mol. The maximum absolute atomic E-state index is 12.2. The number of unbranched alkanes of at least 4 members (excludes halogenated alkanes) is 20. The molecule has 3 heteroatoms. The molecule has 1 N–H and O–H groups in total. The molecule has 0 radical (unpaired) electrons. The molecule has 0 rings (SSSR count). The van der Waals surface area contributed by atoms with Crippen molar-refractivity contribution in [3.63, 3.8) is 0 Å². The van der Waals surface area contributed by atoms with Crippen LogP contribution in [0.1, 0.15) is 174 Å². The van der Waals surface area contributed by atoms with Gasteiger partial charge < -0.3 is 10.1 Å². The minimum atomic E-state index is -0.380. The summed E-state index contributed by atoms with van der Waals surface area (Å²) in [6.45, 7) is 4.53. The van der Waals surface area contributed by atoms with Crippen molar-refractivity contribution in [2.45, 2.75) is 180 Å². The summed E-state index contributed by atoms with van der Waals surface area (Å²) < 4.78 is 0. The molecule has 1 amide bonds. The van der Waals surface area contributed by atoms with Gasteiger partial charge in [-0.2, -0.15) is 0 Å². The number of allylic oxidation sites excluding steroid dienone is 3. The van der Waals surface area contributed by atoms with E-state index in [1.807, 2.05) is 0 Å². The minimum absolute atomic E-state index is 0.0156. The Morgan fingerprint density at radius 1 is 0.541 bits per heavy atom. The average molecular weight is 518 g/mol. The number of rotatable bonds is 29. The van der Waals surface area contributed by atoms with E-state index in [2.05, 4.69) is 43.5 Å². The molecule has 0 aliphatic rings. The fourth-order valence-electron chi connectivity index (χ4n) is 4.72. The zero-order valence-electron chi connectivity index (χ0n) is 25.0. The first kappa shape index (κ1) is 35.6. The highest BCUT2D eigenvalue weighted by Gasteiger charge is 2.09. The summed E-state index contributed by atoms with van der Waals surface area (Å²) in [4.78, 5) is 23.5. The third kappa shape index (κ3) is 29.0. The van der Waals surface area contributed by atoms with Gasteiger partial charge in [0.1, 0.15) is 6.29 Å². The molecule has 3 nitrogen and oxygen atoms in total. The highest BCUT2D eigenvalue weighted by Crippen LogP contribution is 2.12. The Kier molecular flexibility index (Phi) is 29.7. The lowest BCUT2D eigenvalue weighted by atomic mass is 10.1. The van der Waals surface area contributed by atoms with Gasteiger partial charge in [0.25, 0.3) is 0 Å². The lowest BCUT2D eigenvalue weighted by molar-refractivity contribution is -0.124. The average Bonchev–Trinajstić information content (AvgIpc) is 2.90. The molecular formula is C34H63NO2. The van der Waals surface area contributed by atoms with Gasteiger partial charge in [-0.15, -0.1) is 0 Å². The van der Waals surface area contributed by atoms with Crippen LogP contribution in [0.2, 0.25) is 0 Å². The zero-order valence-corrected chi connectivity index (χ0v) is 25.0. The molecule has 0 saturated heterocycles. The molecule has 0 saturated carbocycles. The Morgan fingerprint density at radius 2 is 0.919 bits per heavy atom. The zero-order chi connectivity index (χ0) is 27.1. The van der Waals surface area contributed by atoms with Crippen LogP contribution in [0, 0.1) is 0 Å². The minimum Gasteiger partial charge on any atom is -0.346 e. The Hall–Kier alpha value is -1.38. The number of amides is 1. The van der Waals surface area contributed by atoms with Crippen LogP contribution in [0.15, 0.2) is 24.3 Å². The van der Waals surface area contributed by atoms with Crippen LogP contribution in [0.3, 0.4) is 0 Å². The van der Waals surface area contributed by atoms with Crippen molar-refractivity contribution in [3.8, 4) is 0 Å². The van der Waals surface area contributed by atoms with Crippen LogP contribution in [0.5, 0.6) is 0 Å². The predicted octanol–water partition coefficient (Wildman–Crippen LogP) is 10.6. The normalized spacial score (nSPS) is 12.5. The van der Waals surface area contributed by atoms with Gasteiger partial charge in [-0.3, -0.25) is 4.79 Å². The van der Waals surface area contributed by atoms with Crippen LogP contribution in [-0.4, -0.2) is 18.2 Å². The Balaban J connectivity index is 3.54. The molecule has 0 aromatic carbocycles. The third-order valence-electron chi connectivity index (χ3n) is 7.21. The van der Waals surface area contributed by atoms with Gasteiger partial charge in [0, 0.05) is 6.42 Å². The molecule has 0 aromatic heterocycles. The standard InChI is InChI=1S/C34H63NO2/c1-3-5-7-9-11-13-15-17-19-20-22-24-26-28-30-33(32-36)35-34(37)31-29-27-25-23-21-18-16-14-12-10-8-6-4-2/h14,16,26,28,32-33H,3-13,15,17-25,27,29-31H2,1-2H3,(H,35,37)/b16-14-,28-26+. The van der Waals surface area contributed by atoms with Crippen molar-refractivity contribution in [1.82, 2.24) is 5.32 Å². The van der Waals surface area contributed by atoms with Crippen molar-refractivity contribution in [1.29, 1.82) is 0 Å². The van der Waals surface area contributed by atoms with Gasteiger partial charge in [0.05, 0.1) is 6.04 Å². The monoisotopic (exact) mass is 517 g/mol. The van der Waals surface area contributed by atoms with Crippen LogP contribution in [-0.2, 0) is 9.59 Å². The van der Waals surface area contributed by atoms with Gasteiger partial charge in [0.15, 0.2) is 0 Å². The van der Waals surface area contributed by atoms with Crippen molar-refractivity contribution in [2.24, 2.45) is 0 Å². The highest BCUT2D eigenvalue weighted by molar-refractivity contribution is 5.79. The summed E-state index contributed by atoms with van der Waals surface area (Å²) in [7, 11) is 0. The van der Waals surface area contributed by atoms with Crippen molar-refractivity contribution in [2.75, 3.05) is 0 Å². The van der Waals surface area contributed by atoms with Gasteiger partial charge in [-0.05, 0) is 51.4 Å². The summed E-state index contributed by atoms with van der Waals surface area (Å²) in [6, 6.07) is -0.380. The third-order valence-corrected chi connectivity index (χ3v) is 7.21. The second kappa shape index (κ2) is 30.8. The lowest BCUT2D eigenvalue weighted by Crippen LogP contribution is -2.35. The summed E-state index contributed by atoms with van der Waals surface area (Å²) in [6.07, 6.45) is 40.5. The van der Waals surface area contributed by atoms with E-state index in [-0.39, 0.29) is 11.9 Å². The number of aldehydes is 1. The van der Waals surface area contributed by atoms with Crippen molar-refractivity contribution >= 4 is 12.2 Å². The molecular weight excluding hydrogens is 454 g/mol. The van der Waals surface area contributed by atoms with E-state index in [4.69, 9.17) is 0 Å². The number of carbonyl (C=O) groups excluding carboxylic acids is 2. The maximum atomic E-state index is 12.2. The van der Waals surface area contributed by atoms with Crippen LogP contribution in [0.4, 0.5) is 0 Å². The Morgan fingerprint density at radius 3 is 1.38 bits per heavy atom. The van der Waals surface area contributed by atoms with E-state index >= 15 is 0 Å². The molecule has 37 heavy (non-hydrogen) atoms. The second-order valence-electron chi connectivity index (χ2n) is 11.0. The van der Waals surface area contributed by atoms with E-state index in [1.165, 1.54) is 128 Å². The van der Waals surface area contributed by atoms with Gasteiger partial charge in [-0.25, -0.2) is 0 Å². The molecule has 0 fully saturated rings. The van der Waals surface area contributed by atoms with Crippen molar-refractivity contribution < 1.29 is 9.59 Å². The van der Waals surface area contributed by atoms with Crippen LogP contribution in [0.25, 0.3) is 0 Å². The Labute approximate surface area is 231 Å². The summed E-state index contributed by atoms with van der Waals surface area (Å²) in [5.41, 5.74) is 0. The summed E-state index contributed by atoms with van der Waals surface area (Å²) in [5.74, 6) is 0.0156. The van der Waals surface area contributed by atoms with E-state index in [9.17, 15) is 9.59 Å². The first-order valence-electron chi connectivity index (χ1n) is 16.3. The first-order valence-corrected chi connectivity index (χ1v) is 16.3. The second-order valence-corrected chi connectivity index (χ2v) is 11.0. The molecule has 0 aromatic rings. The molecule has 1 unspecified atom stereocenters. The van der Waals surface area contributed by atoms with E-state index in [1.54, 1.807) is 0 Å². The number of carbonyl (C=O) groups is 2. The van der Waals surface area contributed by atoms with E-state index in [0.717, 1.165) is 25.5 Å². The molecule has 0 heterocycles. The fourth-order valence-corrected chi connectivity index (χ4v) is 4.72. The number of hydrogen-bond acceptors (Lipinski definition) is 2. The van der Waals surface area contributed by atoms with Gasteiger partial charge in [0.2, 0.25) is 5.91 Å². The summed E-state index contributed by atoms with van der Waals surface area (Å²) in [5, 5.41) is 2.89. The van der Waals surface area contributed by atoms with Crippen LogP contribution >= 0.6 is 0 Å². The topological polar surface area (TPSA) is 46.2 Å². The SMILES string of the molecule is CCCCCC/C=C\CCCCCCCC(=O)NC(C=O)C/C=C/CCCCCCCCCCCCC. The summed E-state index contributed by atoms with van der Waals surface area (Å²) >= 11 is 0. The molecule has 0 aliphatic heterocycles. The van der Waals surface area contributed by atoms with E-state index < -0.39 is 0 Å². The Bertz CT molecular complexity index is 540. The van der Waals surface area contributed by atoms with Crippen LogP contribution < -0.4 is 5.32 Å². The van der Waals surface area contributed by atoms with E-state index in [0.29, 0.717) is 12.8 Å². The van der Waals surface area contributed by atoms with Crippen molar-refractivity contribution in [3.05, 3.63) is 24.3 Å². The smallest absolute Gasteiger partial charge is 0.220 e. The fraction of sp³-hybridized carbons (Fsp3) is 0.824. The maximum Gasteiger partial charge on any atom is 0.220 e. The first-order chi connectivity index (χ1) is 18.2. The highest BCUT2D eigenvalue weighted by atomic mass is 16.2. The largest absolute Gasteiger partial charge is 0.346 e.